The number of nitrogens with one attached hydrogen (secondary N) is 2. The molecule has 2 amide bonds. The summed E-state index contributed by atoms with van der Waals surface area (Å²) in [4.78, 5) is 61.8. The van der Waals surface area contributed by atoms with Gasteiger partial charge in [-0.15, -0.1) is 0 Å². The maximum Gasteiger partial charge on any atom is 0.346 e. The molecule has 45 heavy (non-hydrogen) atoms. The normalized spacial score (nSPS) is 13.6. The van der Waals surface area contributed by atoms with Gasteiger partial charge in [0.1, 0.15) is 17.3 Å². The van der Waals surface area contributed by atoms with Crippen LogP contribution >= 0.6 is 0 Å². The molecule has 6 rings (SSSR count). The topological polar surface area (TPSA) is 168 Å². The number of carbonyl (C=O) groups excluding carboxylic acids is 5. The Bertz CT molecular complexity index is 1880. The number of esters is 3. The lowest BCUT2D eigenvalue weighted by Gasteiger charge is -2.27. The largest absolute Gasteiger partial charge is 0.506 e. The van der Waals surface area contributed by atoms with E-state index in [9.17, 15) is 34.2 Å². The second kappa shape index (κ2) is 10.5. The average Bonchev–Trinajstić information content (AvgIpc) is 3.46. The minimum atomic E-state index is -0.844. The molecule has 0 spiro atoms. The number of fused-ring (bicyclic) bond motifs is 2. The standard InChI is InChI=1S/C34H24N2O9/c1-16-21-8-4-17(12-23(21)32(42)44-16)29(39)35-25-14-19(6-10-27(25)37)34(2,3)20-7-11-28(38)26(15-20)36-30(40)18-5-9-22-24(13-18)33(43)45-31(22)41/h4-15,37-38H,1H2,2-3H3,(H,35,39)(H,36,40). The molecule has 0 bridgehead atoms. The molecule has 0 saturated heterocycles. The first-order valence-electron chi connectivity index (χ1n) is 13.6. The number of aromatic hydroxyl groups is 2. The Morgan fingerprint density at radius 1 is 0.622 bits per heavy atom. The number of anilines is 2. The second-order valence-electron chi connectivity index (χ2n) is 11.0. The van der Waals surface area contributed by atoms with E-state index in [1.165, 1.54) is 42.5 Å². The Morgan fingerprint density at radius 3 is 1.60 bits per heavy atom. The van der Waals surface area contributed by atoms with E-state index in [1.54, 1.807) is 30.3 Å². The Hall–Kier alpha value is -6.23. The van der Waals surface area contributed by atoms with Gasteiger partial charge in [0, 0.05) is 22.1 Å². The second-order valence-corrected chi connectivity index (χ2v) is 11.0. The van der Waals surface area contributed by atoms with Crippen molar-refractivity contribution in [3.8, 4) is 11.5 Å². The molecule has 0 unspecified atom stereocenters. The number of carbonyl (C=O) groups is 5. The fraction of sp³-hybridized carbons (Fsp3) is 0.0882. The lowest BCUT2D eigenvalue weighted by Crippen LogP contribution is -2.21. The van der Waals surface area contributed by atoms with E-state index in [0.717, 1.165) is 0 Å². The van der Waals surface area contributed by atoms with E-state index in [1.807, 2.05) is 13.8 Å². The first-order valence-corrected chi connectivity index (χ1v) is 13.6. The number of phenolic OH excluding ortho intramolecular Hbond substituents is 2. The number of cyclic esters (lactones) is 3. The highest BCUT2D eigenvalue weighted by Gasteiger charge is 2.31. The number of rotatable bonds is 6. The first-order chi connectivity index (χ1) is 21.3. The van der Waals surface area contributed by atoms with Crippen LogP contribution in [0.3, 0.4) is 0 Å². The highest BCUT2D eigenvalue weighted by atomic mass is 16.6. The Labute approximate surface area is 255 Å². The van der Waals surface area contributed by atoms with Crippen molar-refractivity contribution >= 4 is 46.9 Å². The predicted molar refractivity (Wildman–Crippen MR) is 161 cm³/mol. The van der Waals surface area contributed by atoms with Gasteiger partial charge in [-0.1, -0.05) is 32.6 Å². The minimum absolute atomic E-state index is 0.0217. The van der Waals surface area contributed by atoms with Crippen LogP contribution in [0, 0.1) is 0 Å². The number of hydrogen-bond acceptors (Lipinski definition) is 9. The molecule has 4 aromatic carbocycles. The van der Waals surface area contributed by atoms with Crippen molar-refractivity contribution in [2.45, 2.75) is 19.3 Å². The van der Waals surface area contributed by atoms with Gasteiger partial charge in [-0.3, -0.25) is 9.59 Å². The van der Waals surface area contributed by atoms with Gasteiger partial charge in [0.05, 0.1) is 28.1 Å². The van der Waals surface area contributed by atoms with Crippen LogP contribution in [0.1, 0.15) is 82.3 Å². The summed E-state index contributed by atoms with van der Waals surface area (Å²) in [5.74, 6) is -3.61. The van der Waals surface area contributed by atoms with Crippen LogP contribution in [0.4, 0.5) is 11.4 Å². The maximum atomic E-state index is 13.1. The van der Waals surface area contributed by atoms with E-state index < -0.39 is 35.1 Å². The van der Waals surface area contributed by atoms with Crippen LogP contribution in [0.2, 0.25) is 0 Å². The molecule has 2 aliphatic heterocycles. The number of phenols is 2. The summed E-state index contributed by atoms with van der Waals surface area (Å²) >= 11 is 0. The van der Waals surface area contributed by atoms with Crippen molar-refractivity contribution in [3.63, 3.8) is 0 Å². The Balaban J connectivity index is 1.24. The van der Waals surface area contributed by atoms with Gasteiger partial charge in [-0.2, -0.15) is 0 Å². The van der Waals surface area contributed by atoms with E-state index in [4.69, 9.17) is 4.74 Å². The zero-order valence-corrected chi connectivity index (χ0v) is 23.9. The Morgan fingerprint density at radius 2 is 1.07 bits per heavy atom. The van der Waals surface area contributed by atoms with Crippen LogP contribution in [0.15, 0.2) is 79.4 Å². The van der Waals surface area contributed by atoms with Gasteiger partial charge in [-0.25, -0.2) is 14.4 Å². The van der Waals surface area contributed by atoms with Gasteiger partial charge in [0.15, 0.2) is 0 Å². The van der Waals surface area contributed by atoms with Crippen LogP contribution in [0.25, 0.3) is 5.76 Å². The molecule has 2 aliphatic rings. The molecule has 4 aromatic rings. The molecule has 0 radical (unpaired) electrons. The third kappa shape index (κ3) is 5.06. The molecule has 0 saturated carbocycles. The van der Waals surface area contributed by atoms with Crippen LogP contribution in [0.5, 0.6) is 11.5 Å². The van der Waals surface area contributed by atoms with Crippen molar-refractivity contribution in [1.82, 2.24) is 0 Å². The zero-order valence-electron chi connectivity index (χ0n) is 23.9. The smallest absolute Gasteiger partial charge is 0.346 e. The van der Waals surface area contributed by atoms with E-state index in [0.29, 0.717) is 16.7 Å². The predicted octanol–water partition coefficient (Wildman–Crippen LogP) is 5.38. The molecule has 224 valence electrons. The van der Waals surface area contributed by atoms with E-state index in [-0.39, 0.29) is 56.5 Å². The molecule has 0 aliphatic carbocycles. The van der Waals surface area contributed by atoms with Gasteiger partial charge in [0.2, 0.25) is 0 Å². The highest BCUT2D eigenvalue weighted by Crippen LogP contribution is 2.39. The lowest BCUT2D eigenvalue weighted by atomic mass is 9.77. The quantitative estimate of drug-likeness (QED) is 0.128. The number of benzene rings is 4. The highest BCUT2D eigenvalue weighted by molar-refractivity contribution is 6.16. The lowest BCUT2D eigenvalue weighted by molar-refractivity contribution is 0.0442. The van der Waals surface area contributed by atoms with Crippen molar-refractivity contribution < 1.29 is 43.7 Å². The Kier molecular flexibility index (Phi) is 6.73. The summed E-state index contributed by atoms with van der Waals surface area (Å²) in [6.45, 7) is 7.43. The minimum Gasteiger partial charge on any atom is -0.506 e. The first kappa shape index (κ1) is 28.9. The maximum absolute atomic E-state index is 13.1. The molecular weight excluding hydrogens is 580 g/mol. The van der Waals surface area contributed by atoms with Crippen LogP contribution in [-0.4, -0.2) is 39.9 Å². The van der Waals surface area contributed by atoms with Crippen LogP contribution in [-0.2, 0) is 14.9 Å². The summed E-state index contributed by atoms with van der Waals surface area (Å²) in [5, 5.41) is 26.4. The molecule has 2 heterocycles. The molecular formula is C34H24N2O9. The van der Waals surface area contributed by atoms with Gasteiger partial charge in [-0.05, 0) is 71.8 Å². The molecule has 11 nitrogen and oxygen atoms in total. The van der Waals surface area contributed by atoms with Crippen molar-refractivity contribution in [2.24, 2.45) is 0 Å². The SMILES string of the molecule is C=C1OC(=O)c2cc(C(=O)Nc3cc(C(C)(C)c4ccc(O)c(NC(=O)c5ccc6c(c5)C(=O)OC6=O)c4)ccc3O)ccc21. The van der Waals surface area contributed by atoms with Gasteiger partial charge in [0.25, 0.3) is 11.8 Å². The number of hydrogen-bond donors (Lipinski definition) is 4. The summed E-state index contributed by atoms with van der Waals surface area (Å²) in [6, 6.07) is 17.8. The number of amides is 2. The molecule has 4 N–H and O–H groups in total. The monoisotopic (exact) mass is 604 g/mol. The van der Waals surface area contributed by atoms with Crippen LogP contribution < -0.4 is 10.6 Å². The molecule has 0 atom stereocenters. The summed E-state index contributed by atoms with van der Waals surface area (Å²) in [7, 11) is 0. The van der Waals surface area contributed by atoms with Gasteiger partial charge >= 0.3 is 17.9 Å². The van der Waals surface area contributed by atoms with Crippen molar-refractivity contribution in [3.05, 3.63) is 124 Å². The van der Waals surface area contributed by atoms with E-state index in [2.05, 4.69) is 21.9 Å². The fourth-order valence-electron chi connectivity index (χ4n) is 5.15. The third-order valence-electron chi connectivity index (χ3n) is 7.86. The zero-order chi connectivity index (χ0) is 32.2. The average molecular weight is 605 g/mol. The molecule has 0 fully saturated rings. The third-order valence-corrected chi connectivity index (χ3v) is 7.86. The number of ether oxygens (including phenoxy) is 2. The summed E-state index contributed by atoms with van der Waals surface area (Å²) in [6.07, 6.45) is 0. The van der Waals surface area contributed by atoms with Gasteiger partial charge < -0.3 is 30.3 Å². The fourth-order valence-corrected chi connectivity index (χ4v) is 5.15. The van der Waals surface area contributed by atoms with Crippen molar-refractivity contribution in [2.75, 3.05) is 10.6 Å². The molecule has 0 aromatic heterocycles. The summed E-state index contributed by atoms with van der Waals surface area (Å²) < 4.78 is 9.58. The van der Waals surface area contributed by atoms with E-state index >= 15 is 0 Å². The van der Waals surface area contributed by atoms with Crippen molar-refractivity contribution in [1.29, 1.82) is 0 Å². The molecule has 11 heteroatoms. The summed E-state index contributed by atoms with van der Waals surface area (Å²) in [5.41, 5.74) is 1.81.